The molecule has 2 aromatic rings. The summed E-state index contributed by atoms with van der Waals surface area (Å²) in [5.74, 6) is -1.69. The summed E-state index contributed by atoms with van der Waals surface area (Å²) in [7, 11) is 0. The molecule has 17 heavy (non-hydrogen) atoms. The molecule has 1 heterocycles. The minimum atomic E-state index is -0.852. The van der Waals surface area contributed by atoms with Crippen LogP contribution in [0.15, 0.2) is 42.5 Å². The highest BCUT2D eigenvalue weighted by Gasteiger charge is 2.15. The van der Waals surface area contributed by atoms with E-state index in [-0.39, 0.29) is 0 Å². The first-order valence-corrected chi connectivity index (χ1v) is 5.22. The van der Waals surface area contributed by atoms with Crippen molar-refractivity contribution in [1.29, 1.82) is 0 Å². The molecule has 0 fully saturated rings. The Hall–Kier alpha value is -2.16. The molecule has 2 aromatic carbocycles. The zero-order valence-corrected chi connectivity index (χ0v) is 8.82. The van der Waals surface area contributed by atoms with Gasteiger partial charge >= 0.3 is 0 Å². The van der Waals surface area contributed by atoms with E-state index in [1.165, 1.54) is 6.07 Å². The van der Waals surface area contributed by atoms with Crippen LogP contribution in [0.3, 0.4) is 0 Å². The minimum absolute atomic E-state index is 0.583. The molecule has 0 saturated heterocycles. The molecular weight excluding hydrogens is 220 g/mol. The normalized spacial score (nSPS) is 12.9. The number of benzene rings is 2. The lowest BCUT2D eigenvalue weighted by molar-refractivity contribution is 0.508. The van der Waals surface area contributed by atoms with Gasteiger partial charge in [0.25, 0.3) is 0 Å². The van der Waals surface area contributed by atoms with Crippen molar-refractivity contribution in [3.8, 4) is 0 Å². The third kappa shape index (κ3) is 1.69. The summed E-state index contributed by atoms with van der Waals surface area (Å²) < 4.78 is 25.9. The summed E-state index contributed by atoms with van der Waals surface area (Å²) in [6, 6.07) is 11.4. The summed E-state index contributed by atoms with van der Waals surface area (Å²) in [6.07, 6.45) is 1.86. The van der Waals surface area contributed by atoms with Crippen molar-refractivity contribution in [3.63, 3.8) is 0 Å². The molecular formula is C14H8F2N. The average Bonchev–Trinajstić information content (AvgIpc) is 2.76. The zero-order chi connectivity index (χ0) is 11.8. The number of nitrogens with zero attached hydrogens (tertiary/aromatic N) is 1. The fourth-order valence-corrected chi connectivity index (χ4v) is 1.82. The number of halogens is 2. The van der Waals surface area contributed by atoms with Crippen molar-refractivity contribution in [3.05, 3.63) is 65.2 Å². The predicted octanol–water partition coefficient (Wildman–Crippen LogP) is 3.71. The van der Waals surface area contributed by atoms with Gasteiger partial charge < -0.3 is 0 Å². The van der Waals surface area contributed by atoms with Crippen LogP contribution in [0.5, 0.6) is 0 Å². The molecule has 1 radical (unpaired) electrons. The van der Waals surface area contributed by atoms with Gasteiger partial charge in [-0.05, 0) is 30.3 Å². The Bertz CT molecular complexity index is 617. The summed E-state index contributed by atoms with van der Waals surface area (Å²) >= 11 is 0. The van der Waals surface area contributed by atoms with Crippen LogP contribution in [-0.4, -0.2) is 0 Å². The molecule has 0 amide bonds. The fraction of sp³-hybridized carbons (Fsp3) is 0. The van der Waals surface area contributed by atoms with Crippen LogP contribution < -0.4 is 5.32 Å². The molecule has 0 bridgehead atoms. The van der Waals surface area contributed by atoms with Crippen molar-refractivity contribution in [2.75, 3.05) is 0 Å². The van der Waals surface area contributed by atoms with Crippen molar-refractivity contribution >= 4 is 17.5 Å². The first kappa shape index (κ1) is 10.0. The molecule has 1 aliphatic heterocycles. The van der Waals surface area contributed by atoms with Gasteiger partial charge in [0.1, 0.15) is 0 Å². The zero-order valence-electron chi connectivity index (χ0n) is 8.82. The SMILES string of the molecule is Fc1ccc(C2=Cc3ccccc3[N]2)cc1F. The van der Waals surface area contributed by atoms with E-state index in [2.05, 4.69) is 5.32 Å². The molecule has 83 valence electrons. The maximum absolute atomic E-state index is 13.1. The quantitative estimate of drug-likeness (QED) is 0.706. The van der Waals surface area contributed by atoms with Crippen molar-refractivity contribution in [1.82, 2.24) is 5.32 Å². The van der Waals surface area contributed by atoms with Crippen LogP contribution in [-0.2, 0) is 0 Å². The van der Waals surface area contributed by atoms with Gasteiger partial charge in [-0.15, -0.1) is 0 Å². The van der Waals surface area contributed by atoms with Crippen molar-refractivity contribution in [2.24, 2.45) is 0 Å². The number of fused-ring (bicyclic) bond motifs is 1. The third-order valence-corrected chi connectivity index (χ3v) is 2.69. The Balaban J connectivity index is 2.01. The molecule has 0 spiro atoms. The number of hydrogen-bond acceptors (Lipinski definition) is 0. The second kappa shape index (κ2) is 3.70. The van der Waals surface area contributed by atoms with Crippen LogP contribution in [0.4, 0.5) is 14.5 Å². The summed E-state index contributed by atoms with van der Waals surface area (Å²) in [6.45, 7) is 0. The largest absolute Gasteiger partial charge is 0.248 e. The number of hydrogen-bond donors (Lipinski definition) is 0. The standard InChI is InChI=1S/C14H8F2N/c15-11-6-5-10(7-12(11)16)14-8-9-3-1-2-4-13(9)17-14/h1-8H. The summed E-state index contributed by atoms with van der Waals surface area (Å²) in [5.41, 5.74) is 3.09. The topological polar surface area (TPSA) is 14.1 Å². The van der Waals surface area contributed by atoms with Gasteiger partial charge in [-0.25, -0.2) is 14.1 Å². The van der Waals surface area contributed by atoms with E-state index < -0.39 is 11.6 Å². The highest BCUT2D eigenvalue weighted by molar-refractivity contribution is 5.91. The maximum Gasteiger partial charge on any atom is 0.159 e. The maximum atomic E-state index is 13.1. The molecule has 1 nitrogen and oxygen atoms in total. The van der Waals surface area contributed by atoms with Crippen LogP contribution in [0.1, 0.15) is 11.1 Å². The molecule has 0 N–H and O–H groups in total. The highest BCUT2D eigenvalue weighted by Crippen LogP contribution is 2.32. The van der Waals surface area contributed by atoms with Crippen LogP contribution in [0, 0.1) is 11.6 Å². The van der Waals surface area contributed by atoms with Crippen molar-refractivity contribution < 1.29 is 8.78 Å². The Kier molecular flexibility index (Phi) is 2.18. The molecule has 3 heteroatoms. The monoisotopic (exact) mass is 228 g/mol. The lowest BCUT2D eigenvalue weighted by atomic mass is 10.1. The van der Waals surface area contributed by atoms with Crippen molar-refractivity contribution in [2.45, 2.75) is 0 Å². The summed E-state index contributed by atoms with van der Waals surface area (Å²) in [4.78, 5) is 0. The summed E-state index contributed by atoms with van der Waals surface area (Å²) in [5, 5.41) is 4.36. The molecule has 0 aliphatic carbocycles. The van der Waals surface area contributed by atoms with Crippen LogP contribution in [0.2, 0.25) is 0 Å². The van der Waals surface area contributed by atoms with Crippen LogP contribution in [0.25, 0.3) is 11.8 Å². The molecule has 0 saturated carbocycles. The van der Waals surface area contributed by atoms with E-state index in [1.807, 2.05) is 30.3 Å². The Morgan fingerprint density at radius 3 is 2.47 bits per heavy atom. The lowest BCUT2D eigenvalue weighted by Crippen LogP contribution is -1.94. The van der Waals surface area contributed by atoms with Gasteiger partial charge in [-0.1, -0.05) is 18.2 Å². The van der Waals surface area contributed by atoms with Gasteiger partial charge in [-0.3, -0.25) is 0 Å². The van der Waals surface area contributed by atoms with Gasteiger partial charge in [0, 0.05) is 11.1 Å². The first-order chi connectivity index (χ1) is 8.24. The fourth-order valence-electron chi connectivity index (χ4n) is 1.82. The van der Waals surface area contributed by atoms with E-state index in [1.54, 1.807) is 0 Å². The van der Waals surface area contributed by atoms with Gasteiger partial charge in [0.05, 0.1) is 11.4 Å². The molecule has 0 unspecified atom stereocenters. The lowest BCUT2D eigenvalue weighted by Gasteiger charge is -2.02. The second-order valence-electron chi connectivity index (χ2n) is 3.83. The van der Waals surface area contributed by atoms with Crippen LogP contribution >= 0.6 is 0 Å². The van der Waals surface area contributed by atoms with Gasteiger partial charge in [0.15, 0.2) is 11.6 Å². The number of rotatable bonds is 1. The average molecular weight is 228 g/mol. The highest BCUT2D eigenvalue weighted by atomic mass is 19.2. The van der Waals surface area contributed by atoms with Gasteiger partial charge in [0.2, 0.25) is 0 Å². The Morgan fingerprint density at radius 1 is 0.882 bits per heavy atom. The smallest absolute Gasteiger partial charge is 0.159 e. The second-order valence-corrected chi connectivity index (χ2v) is 3.83. The molecule has 1 aliphatic rings. The molecule has 3 rings (SSSR count). The Labute approximate surface area is 97.4 Å². The van der Waals surface area contributed by atoms with E-state index in [0.717, 1.165) is 23.4 Å². The number of para-hydroxylation sites is 1. The van der Waals surface area contributed by atoms with Gasteiger partial charge in [-0.2, -0.15) is 0 Å². The predicted molar refractivity (Wildman–Crippen MR) is 62.5 cm³/mol. The first-order valence-electron chi connectivity index (χ1n) is 5.22. The van der Waals surface area contributed by atoms with E-state index in [9.17, 15) is 8.78 Å². The van der Waals surface area contributed by atoms with E-state index in [4.69, 9.17) is 0 Å². The molecule has 0 atom stereocenters. The van der Waals surface area contributed by atoms with E-state index in [0.29, 0.717) is 11.3 Å². The minimum Gasteiger partial charge on any atom is -0.248 e. The molecule has 0 aromatic heterocycles. The van der Waals surface area contributed by atoms with E-state index >= 15 is 0 Å². The Morgan fingerprint density at radius 2 is 1.71 bits per heavy atom. The third-order valence-electron chi connectivity index (χ3n) is 2.69.